The van der Waals surface area contributed by atoms with Gasteiger partial charge in [0, 0.05) is 6.07 Å². The quantitative estimate of drug-likeness (QED) is 0.803. The molecule has 0 aliphatic heterocycles. The summed E-state index contributed by atoms with van der Waals surface area (Å²) in [5.74, 6) is 0.423. The molecule has 0 spiro atoms. The molecule has 1 N–H and O–H groups in total. The van der Waals surface area contributed by atoms with Gasteiger partial charge in [-0.25, -0.2) is 4.79 Å². The number of hydrogen-bond donors (Lipinski definition) is 1. The highest BCUT2D eigenvalue weighted by Gasteiger charge is 2.17. The molecule has 1 rings (SSSR count). The lowest BCUT2D eigenvalue weighted by atomic mass is 10.2. The molecule has 0 aliphatic rings. The SMILES string of the molecule is COn1nccc1NC(=O)OC(C)(C)C. The number of carbonyl (C=O) groups excluding carboxylic acids is 1. The van der Waals surface area contributed by atoms with Gasteiger partial charge >= 0.3 is 6.09 Å². The molecule has 0 saturated heterocycles. The van der Waals surface area contributed by atoms with Crippen LogP contribution in [0, 0.1) is 0 Å². The molecule has 1 aromatic heterocycles. The first-order valence-corrected chi connectivity index (χ1v) is 4.51. The minimum absolute atomic E-state index is 0.423. The Bertz CT molecular complexity index is 341. The molecule has 0 bridgehead atoms. The fraction of sp³-hybridized carbons (Fsp3) is 0.556. The van der Waals surface area contributed by atoms with E-state index < -0.39 is 11.7 Å². The number of amides is 1. The fourth-order valence-corrected chi connectivity index (χ4v) is 0.934. The minimum atomic E-state index is -0.540. The number of rotatable bonds is 2. The molecule has 1 amide bonds. The summed E-state index contributed by atoms with van der Waals surface area (Å²) in [6, 6.07) is 1.60. The van der Waals surface area contributed by atoms with Crippen LogP contribution in [0.15, 0.2) is 12.3 Å². The van der Waals surface area contributed by atoms with E-state index in [2.05, 4.69) is 10.4 Å². The van der Waals surface area contributed by atoms with Crippen LogP contribution >= 0.6 is 0 Å². The summed E-state index contributed by atoms with van der Waals surface area (Å²) < 4.78 is 5.06. The molecule has 0 radical (unpaired) electrons. The van der Waals surface area contributed by atoms with Gasteiger partial charge < -0.3 is 9.57 Å². The Labute approximate surface area is 88.1 Å². The third-order valence-corrected chi connectivity index (χ3v) is 1.41. The Kier molecular flexibility index (Phi) is 3.18. The Hall–Kier alpha value is -1.72. The maximum Gasteiger partial charge on any atom is 0.413 e. The lowest BCUT2D eigenvalue weighted by Gasteiger charge is -2.19. The first-order chi connectivity index (χ1) is 6.92. The average molecular weight is 213 g/mol. The van der Waals surface area contributed by atoms with Crippen LogP contribution in [0.5, 0.6) is 0 Å². The van der Waals surface area contributed by atoms with Crippen molar-refractivity contribution in [2.45, 2.75) is 26.4 Å². The van der Waals surface area contributed by atoms with Crippen LogP contribution in [0.3, 0.4) is 0 Å². The third-order valence-electron chi connectivity index (χ3n) is 1.41. The Morgan fingerprint density at radius 1 is 1.53 bits per heavy atom. The van der Waals surface area contributed by atoms with Gasteiger partial charge in [0.1, 0.15) is 12.7 Å². The summed E-state index contributed by atoms with van der Waals surface area (Å²) >= 11 is 0. The van der Waals surface area contributed by atoms with Crippen LogP contribution in [-0.2, 0) is 4.74 Å². The summed E-state index contributed by atoms with van der Waals surface area (Å²) in [5, 5.41) is 6.32. The highest BCUT2D eigenvalue weighted by Crippen LogP contribution is 2.10. The van der Waals surface area contributed by atoms with Gasteiger partial charge in [-0.3, -0.25) is 5.32 Å². The summed E-state index contributed by atoms with van der Waals surface area (Å²) in [6.45, 7) is 5.38. The largest absolute Gasteiger partial charge is 0.444 e. The van der Waals surface area contributed by atoms with Gasteiger partial charge in [0.2, 0.25) is 0 Å². The molecule has 15 heavy (non-hydrogen) atoms. The zero-order chi connectivity index (χ0) is 11.5. The van der Waals surface area contributed by atoms with Gasteiger partial charge in [0.15, 0.2) is 5.82 Å². The molecule has 0 saturated carbocycles. The molecule has 6 heteroatoms. The monoisotopic (exact) mass is 213 g/mol. The Morgan fingerprint density at radius 2 is 2.20 bits per heavy atom. The van der Waals surface area contributed by atoms with Crippen molar-refractivity contribution in [3.63, 3.8) is 0 Å². The molecule has 0 aliphatic carbocycles. The number of ether oxygens (including phenoxy) is 1. The smallest absolute Gasteiger partial charge is 0.413 e. The van der Waals surface area contributed by atoms with Crippen LogP contribution in [0.25, 0.3) is 0 Å². The zero-order valence-corrected chi connectivity index (χ0v) is 9.27. The second-order valence-corrected chi connectivity index (χ2v) is 3.90. The normalized spacial score (nSPS) is 10.9. The van der Waals surface area contributed by atoms with E-state index in [9.17, 15) is 4.79 Å². The van der Waals surface area contributed by atoms with E-state index in [1.165, 1.54) is 18.2 Å². The van der Waals surface area contributed by atoms with E-state index in [4.69, 9.17) is 9.57 Å². The van der Waals surface area contributed by atoms with Gasteiger partial charge in [-0.05, 0) is 20.8 Å². The molecule has 84 valence electrons. The van der Waals surface area contributed by atoms with Crippen molar-refractivity contribution in [1.82, 2.24) is 9.94 Å². The van der Waals surface area contributed by atoms with Crippen LogP contribution in [-0.4, -0.2) is 28.7 Å². The van der Waals surface area contributed by atoms with E-state index in [0.717, 1.165) is 0 Å². The highest BCUT2D eigenvalue weighted by atomic mass is 16.7. The van der Waals surface area contributed by atoms with Crippen LogP contribution in [0.2, 0.25) is 0 Å². The van der Waals surface area contributed by atoms with Crippen molar-refractivity contribution < 1.29 is 14.4 Å². The summed E-state index contributed by atoms with van der Waals surface area (Å²) in [6.07, 6.45) is 0.970. The van der Waals surface area contributed by atoms with E-state index >= 15 is 0 Å². The van der Waals surface area contributed by atoms with Gasteiger partial charge in [-0.2, -0.15) is 0 Å². The number of anilines is 1. The number of hydrogen-bond acceptors (Lipinski definition) is 4. The van der Waals surface area contributed by atoms with Crippen molar-refractivity contribution in [2.24, 2.45) is 0 Å². The van der Waals surface area contributed by atoms with Crippen LogP contribution in [0.4, 0.5) is 10.6 Å². The molecule has 0 atom stereocenters. The van der Waals surface area contributed by atoms with Crippen molar-refractivity contribution in [2.75, 3.05) is 12.4 Å². The fourth-order valence-electron chi connectivity index (χ4n) is 0.934. The predicted molar refractivity (Wildman–Crippen MR) is 54.6 cm³/mol. The molecule has 0 unspecified atom stereocenters. The number of carbonyl (C=O) groups is 1. The van der Waals surface area contributed by atoms with Gasteiger partial charge in [-0.1, -0.05) is 4.85 Å². The van der Waals surface area contributed by atoms with Crippen LogP contribution in [0.1, 0.15) is 20.8 Å². The van der Waals surface area contributed by atoms with E-state index in [0.29, 0.717) is 5.82 Å². The van der Waals surface area contributed by atoms with Crippen molar-refractivity contribution in [1.29, 1.82) is 0 Å². The Morgan fingerprint density at radius 3 is 2.73 bits per heavy atom. The average Bonchev–Trinajstić information content (AvgIpc) is 2.48. The molecule has 1 heterocycles. The second kappa shape index (κ2) is 4.20. The highest BCUT2D eigenvalue weighted by molar-refractivity contribution is 5.83. The zero-order valence-electron chi connectivity index (χ0n) is 9.27. The van der Waals surface area contributed by atoms with Crippen molar-refractivity contribution >= 4 is 11.9 Å². The lowest BCUT2D eigenvalue weighted by Crippen LogP contribution is -2.28. The molecule has 0 aromatic carbocycles. The predicted octanol–water partition coefficient (Wildman–Crippen LogP) is 1.29. The minimum Gasteiger partial charge on any atom is -0.444 e. The third kappa shape index (κ3) is 3.49. The van der Waals surface area contributed by atoms with Gasteiger partial charge in [0.25, 0.3) is 0 Å². The second-order valence-electron chi connectivity index (χ2n) is 3.90. The lowest BCUT2D eigenvalue weighted by molar-refractivity contribution is 0.0626. The van der Waals surface area contributed by atoms with Crippen LogP contribution < -0.4 is 10.2 Å². The van der Waals surface area contributed by atoms with Crippen molar-refractivity contribution in [3.05, 3.63) is 12.3 Å². The number of aromatic nitrogens is 2. The first-order valence-electron chi connectivity index (χ1n) is 4.51. The van der Waals surface area contributed by atoms with E-state index in [-0.39, 0.29) is 0 Å². The molecule has 6 nitrogen and oxygen atoms in total. The number of nitrogens with one attached hydrogen (secondary N) is 1. The molecule has 0 fully saturated rings. The van der Waals surface area contributed by atoms with Gasteiger partial charge in [-0.15, -0.1) is 5.10 Å². The van der Waals surface area contributed by atoms with Crippen molar-refractivity contribution in [3.8, 4) is 0 Å². The maximum absolute atomic E-state index is 11.4. The first kappa shape index (κ1) is 11.4. The Balaban J connectivity index is 2.59. The molecule has 1 aromatic rings. The molecular formula is C9H15N3O3. The summed E-state index contributed by atoms with van der Waals surface area (Å²) in [4.78, 5) is 17.4. The summed E-state index contributed by atoms with van der Waals surface area (Å²) in [7, 11) is 1.45. The van der Waals surface area contributed by atoms with E-state index in [1.807, 2.05) is 0 Å². The topological polar surface area (TPSA) is 65.4 Å². The summed E-state index contributed by atoms with van der Waals surface area (Å²) in [5.41, 5.74) is -0.526. The maximum atomic E-state index is 11.4. The van der Waals surface area contributed by atoms with E-state index in [1.54, 1.807) is 26.8 Å². The standard InChI is InChI=1S/C9H15N3O3/c1-9(2,3)15-8(13)11-7-5-6-10-12(7)14-4/h5-6H,1-4H3,(H,11,13). The van der Waals surface area contributed by atoms with Gasteiger partial charge in [0.05, 0.1) is 6.20 Å². The molecular weight excluding hydrogens is 198 g/mol. The number of nitrogens with zero attached hydrogens (tertiary/aromatic N) is 2.